The van der Waals surface area contributed by atoms with Gasteiger partial charge in [-0.25, -0.2) is 0 Å². The molecule has 6 nitrogen and oxygen atoms in total. The lowest BCUT2D eigenvalue weighted by molar-refractivity contribution is -0.00148. The number of carbonyl (C=O) groups excluding carboxylic acids is 1. The Balaban J connectivity index is 1.42. The molecule has 0 unspecified atom stereocenters. The highest BCUT2D eigenvalue weighted by molar-refractivity contribution is 5.93. The van der Waals surface area contributed by atoms with Crippen molar-refractivity contribution in [2.24, 2.45) is 7.05 Å². The number of hydrogen-bond donors (Lipinski definition) is 0. The minimum atomic E-state index is 0.104. The first kappa shape index (κ1) is 19.2. The fraction of sp³-hybridized carbons (Fsp3) is 0.545. The van der Waals surface area contributed by atoms with Crippen molar-refractivity contribution in [3.05, 3.63) is 53.9 Å². The second-order valence-electron chi connectivity index (χ2n) is 7.93. The van der Waals surface area contributed by atoms with Crippen molar-refractivity contribution >= 4 is 5.91 Å². The molecule has 6 heteroatoms. The van der Waals surface area contributed by atoms with Gasteiger partial charge in [-0.1, -0.05) is 30.3 Å². The highest BCUT2D eigenvalue weighted by atomic mass is 16.5. The molecule has 0 radical (unpaired) electrons. The number of benzene rings is 1. The SMILES string of the molecule is Cn1cc(C(=O)N2CCC(N(Cc3ccccc3)C3CCOCC3)CC2)cn1. The smallest absolute Gasteiger partial charge is 0.257 e. The summed E-state index contributed by atoms with van der Waals surface area (Å²) in [6, 6.07) is 11.8. The predicted octanol–water partition coefficient (Wildman–Crippen LogP) is 2.71. The van der Waals surface area contributed by atoms with Gasteiger partial charge in [-0.05, 0) is 31.2 Å². The molecule has 0 spiro atoms. The summed E-state index contributed by atoms with van der Waals surface area (Å²) in [6.07, 6.45) is 7.71. The molecule has 150 valence electrons. The number of rotatable bonds is 5. The summed E-state index contributed by atoms with van der Waals surface area (Å²) in [5, 5.41) is 4.13. The molecular formula is C22H30N4O2. The van der Waals surface area contributed by atoms with Gasteiger partial charge in [-0.15, -0.1) is 0 Å². The maximum Gasteiger partial charge on any atom is 0.257 e. The van der Waals surface area contributed by atoms with Gasteiger partial charge in [0.25, 0.3) is 5.91 Å². The second-order valence-corrected chi connectivity index (χ2v) is 7.93. The van der Waals surface area contributed by atoms with Crippen molar-refractivity contribution in [2.75, 3.05) is 26.3 Å². The van der Waals surface area contributed by atoms with Crippen molar-refractivity contribution in [1.82, 2.24) is 19.6 Å². The minimum Gasteiger partial charge on any atom is -0.381 e. The first-order valence-corrected chi connectivity index (χ1v) is 10.4. The van der Waals surface area contributed by atoms with Gasteiger partial charge >= 0.3 is 0 Å². The van der Waals surface area contributed by atoms with Crippen molar-refractivity contribution in [3.63, 3.8) is 0 Å². The third-order valence-corrected chi connectivity index (χ3v) is 6.04. The molecular weight excluding hydrogens is 352 g/mol. The summed E-state index contributed by atoms with van der Waals surface area (Å²) in [4.78, 5) is 17.4. The van der Waals surface area contributed by atoms with E-state index in [9.17, 15) is 4.79 Å². The zero-order valence-corrected chi connectivity index (χ0v) is 16.7. The molecule has 2 fully saturated rings. The lowest BCUT2D eigenvalue weighted by Crippen LogP contribution is -2.51. The zero-order chi connectivity index (χ0) is 19.3. The monoisotopic (exact) mass is 382 g/mol. The molecule has 0 bridgehead atoms. The van der Waals surface area contributed by atoms with Gasteiger partial charge in [0.1, 0.15) is 0 Å². The molecule has 1 aromatic carbocycles. The first-order valence-electron chi connectivity index (χ1n) is 10.4. The Kier molecular flexibility index (Phi) is 6.07. The van der Waals surface area contributed by atoms with Crippen LogP contribution in [0.3, 0.4) is 0 Å². The maximum atomic E-state index is 12.7. The topological polar surface area (TPSA) is 50.6 Å². The van der Waals surface area contributed by atoms with E-state index in [4.69, 9.17) is 4.74 Å². The summed E-state index contributed by atoms with van der Waals surface area (Å²) in [6.45, 7) is 4.31. The molecule has 28 heavy (non-hydrogen) atoms. The molecule has 2 aliphatic heterocycles. The number of aryl methyl sites for hydroxylation is 1. The Bertz CT molecular complexity index is 762. The van der Waals surface area contributed by atoms with E-state index < -0.39 is 0 Å². The third-order valence-electron chi connectivity index (χ3n) is 6.04. The number of carbonyl (C=O) groups is 1. The maximum absolute atomic E-state index is 12.7. The molecule has 2 aliphatic rings. The molecule has 4 rings (SSSR count). The van der Waals surface area contributed by atoms with E-state index in [1.807, 2.05) is 11.9 Å². The van der Waals surface area contributed by atoms with Gasteiger partial charge in [0, 0.05) is 58.2 Å². The Morgan fingerprint density at radius 3 is 2.43 bits per heavy atom. The molecule has 0 atom stereocenters. The van der Waals surface area contributed by atoms with Gasteiger partial charge in [0.15, 0.2) is 0 Å². The van der Waals surface area contributed by atoms with Crippen molar-refractivity contribution in [3.8, 4) is 0 Å². The van der Waals surface area contributed by atoms with Crippen LogP contribution in [-0.4, -0.2) is 63.9 Å². The molecule has 0 aliphatic carbocycles. The Morgan fingerprint density at radius 2 is 1.79 bits per heavy atom. The number of nitrogens with zero attached hydrogens (tertiary/aromatic N) is 4. The summed E-state index contributed by atoms with van der Waals surface area (Å²) >= 11 is 0. The molecule has 2 saturated heterocycles. The quantitative estimate of drug-likeness (QED) is 0.798. The lowest BCUT2D eigenvalue weighted by Gasteiger charge is -2.43. The van der Waals surface area contributed by atoms with Crippen LogP contribution in [-0.2, 0) is 18.3 Å². The fourth-order valence-corrected chi connectivity index (χ4v) is 4.48. The van der Waals surface area contributed by atoms with Gasteiger partial charge in [-0.3, -0.25) is 14.4 Å². The fourth-order valence-electron chi connectivity index (χ4n) is 4.48. The number of amides is 1. The van der Waals surface area contributed by atoms with Crippen LogP contribution in [0.1, 0.15) is 41.6 Å². The standard InChI is InChI=1S/C22H30N4O2/c1-24-17-19(15-23-24)22(27)25-11-7-20(8-12-25)26(21-9-13-28-14-10-21)16-18-5-3-2-4-6-18/h2-6,15,17,20-21H,7-14,16H2,1H3. The Morgan fingerprint density at radius 1 is 1.11 bits per heavy atom. The zero-order valence-electron chi connectivity index (χ0n) is 16.7. The van der Waals surface area contributed by atoms with E-state index >= 15 is 0 Å². The highest BCUT2D eigenvalue weighted by Crippen LogP contribution is 2.26. The average Bonchev–Trinajstić information content (AvgIpc) is 3.19. The van der Waals surface area contributed by atoms with Crippen molar-refractivity contribution < 1.29 is 9.53 Å². The van der Waals surface area contributed by atoms with Gasteiger partial charge in [-0.2, -0.15) is 5.10 Å². The number of aromatic nitrogens is 2. The van der Waals surface area contributed by atoms with E-state index in [1.165, 1.54) is 5.56 Å². The van der Waals surface area contributed by atoms with E-state index in [2.05, 4.69) is 40.3 Å². The van der Waals surface area contributed by atoms with Crippen LogP contribution >= 0.6 is 0 Å². The second kappa shape index (κ2) is 8.88. The Labute approximate surface area is 167 Å². The highest BCUT2D eigenvalue weighted by Gasteiger charge is 2.32. The molecule has 1 aromatic heterocycles. The molecule has 0 saturated carbocycles. The van der Waals surface area contributed by atoms with Crippen LogP contribution in [0.4, 0.5) is 0 Å². The van der Waals surface area contributed by atoms with Gasteiger partial charge in [0.2, 0.25) is 0 Å². The van der Waals surface area contributed by atoms with Gasteiger partial charge < -0.3 is 9.64 Å². The van der Waals surface area contributed by atoms with Crippen molar-refractivity contribution in [1.29, 1.82) is 0 Å². The van der Waals surface area contributed by atoms with E-state index in [1.54, 1.807) is 17.1 Å². The van der Waals surface area contributed by atoms with Crippen LogP contribution in [0.5, 0.6) is 0 Å². The number of hydrogen-bond acceptors (Lipinski definition) is 4. The van der Waals surface area contributed by atoms with Crippen LogP contribution in [0.25, 0.3) is 0 Å². The van der Waals surface area contributed by atoms with Gasteiger partial charge in [0.05, 0.1) is 11.8 Å². The summed E-state index contributed by atoms with van der Waals surface area (Å²) in [5.41, 5.74) is 2.05. The number of piperidine rings is 1. The summed E-state index contributed by atoms with van der Waals surface area (Å²) in [5.74, 6) is 0.104. The number of ether oxygens (including phenoxy) is 1. The largest absolute Gasteiger partial charge is 0.381 e. The molecule has 1 amide bonds. The minimum absolute atomic E-state index is 0.104. The molecule has 0 N–H and O–H groups in total. The van der Waals surface area contributed by atoms with E-state index in [0.717, 1.165) is 58.5 Å². The van der Waals surface area contributed by atoms with Crippen LogP contribution in [0.2, 0.25) is 0 Å². The third kappa shape index (κ3) is 4.45. The Hall–Kier alpha value is -2.18. The van der Waals surface area contributed by atoms with Crippen LogP contribution < -0.4 is 0 Å². The summed E-state index contributed by atoms with van der Waals surface area (Å²) < 4.78 is 7.29. The van der Waals surface area contributed by atoms with Crippen LogP contribution in [0, 0.1) is 0 Å². The van der Waals surface area contributed by atoms with E-state index in [-0.39, 0.29) is 5.91 Å². The normalized spacial score (nSPS) is 19.3. The number of likely N-dealkylation sites (tertiary alicyclic amines) is 1. The predicted molar refractivity (Wildman–Crippen MR) is 108 cm³/mol. The first-order chi connectivity index (χ1) is 13.7. The molecule has 3 heterocycles. The lowest BCUT2D eigenvalue weighted by atomic mass is 9.96. The molecule has 2 aromatic rings. The van der Waals surface area contributed by atoms with E-state index in [0.29, 0.717) is 17.6 Å². The average molecular weight is 383 g/mol. The van der Waals surface area contributed by atoms with Crippen LogP contribution in [0.15, 0.2) is 42.7 Å². The summed E-state index contributed by atoms with van der Waals surface area (Å²) in [7, 11) is 1.85. The van der Waals surface area contributed by atoms with Crippen molar-refractivity contribution in [2.45, 2.75) is 44.3 Å².